The smallest absolute Gasteiger partial charge is 0.317 e. The monoisotopic (exact) mass is 58.1 g/mol. The Morgan fingerprint density at radius 3 is 1.75 bits per heavy atom. The van der Waals surface area contributed by atoms with Crippen molar-refractivity contribution >= 4 is 0 Å². The summed E-state index contributed by atoms with van der Waals surface area (Å²) in [5.74, 6) is 0. The summed E-state index contributed by atoms with van der Waals surface area (Å²) in [6.07, 6.45) is 1.39. The molecule has 1 saturated heterocycles. The van der Waals surface area contributed by atoms with Crippen LogP contribution in [0.25, 0.3) is 0 Å². The van der Waals surface area contributed by atoms with Crippen LogP contribution < -0.4 is 5.32 Å². The minimum atomic E-state index is 0. The van der Waals surface area contributed by atoms with Gasteiger partial charge in [0, 0.05) is 0 Å². The van der Waals surface area contributed by atoms with Gasteiger partial charge in [-0.3, -0.25) is 0 Å². The molecule has 0 spiro atoms. The summed E-state index contributed by atoms with van der Waals surface area (Å²) in [5.41, 5.74) is 0. The van der Waals surface area contributed by atoms with Crippen LogP contribution in [0.5, 0.6) is 0 Å². The highest BCUT2D eigenvalue weighted by Crippen LogP contribution is 1.80. The van der Waals surface area contributed by atoms with Crippen molar-refractivity contribution in [2.45, 2.75) is 6.42 Å². The Morgan fingerprint density at radius 1 is 1.50 bits per heavy atom. The fourth-order valence-corrected chi connectivity index (χ4v) is 0.177. The van der Waals surface area contributed by atoms with Gasteiger partial charge in [-0.05, 0) is 19.5 Å². The third kappa shape index (κ3) is 0.115. The second kappa shape index (κ2) is 0.725. The lowest BCUT2D eigenvalue weighted by atomic mass is 10.3. The zero-order valence-electron chi connectivity index (χ0n) is 3.62. The van der Waals surface area contributed by atoms with Gasteiger partial charge in [-0.25, -0.2) is 0 Å². The maximum absolute atomic E-state index is 3.11. The van der Waals surface area contributed by atoms with Crippen molar-refractivity contribution in [1.29, 1.82) is 0 Å². The average molecular weight is 58.1 g/mol. The summed E-state index contributed by atoms with van der Waals surface area (Å²) < 4.78 is 0. The number of hydrogen-bond donors (Lipinski definition) is 1. The summed E-state index contributed by atoms with van der Waals surface area (Å²) in [4.78, 5) is 0. The lowest BCUT2D eigenvalue weighted by Gasteiger charge is -2.09. The van der Waals surface area contributed by atoms with Crippen molar-refractivity contribution in [2.75, 3.05) is 13.1 Å². The zero-order chi connectivity index (χ0) is 2.83. The lowest BCUT2D eigenvalue weighted by molar-refractivity contribution is 0.527. The first-order valence-electron chi connectivity index (χ1n) is 1.71. The first-order valence-corrected chi connectivity index (χ1v) is 1.71. The van der Waals surface area contributed by atoms with Crippen LogP contribution in [-0.4, -0.2) is 13.1 Å². The molecule has 0 bridgehead atoms. The second-order valence-corrected chi connectivity index (χ2v) is 1.10. The van der Waals surface area contributed by atoms with E-state index < -0.39 is 0 Å². The largest absolute Gasteiger partial charge is 1.00 e. The van der Waals surface area contributed by atoms with Gasteiger partial charge in [-0.2, -0.15) is 0 Å². The average Bonchev–Trinajstić information content (AvgIpc) is 0.722. The maximum Gasteiger partial charge on any atom is 1.00 e. The van der Waals surface area contributed by atoms with Crippen molar-refractivity contribution in [3.05, 3.63) is 0 Å². The van der Waals surface area contributed by atoms with E-state index >= 15 is 0 Å². The van der Waals surface area contributed by atoms with E-state index in [4.69, 9.17) is 0 Å². The third-order valence-corrected chi connectivity index (χ3v) is 0.707. The Hall–Kier alpha value is -0.0400. The van der Waals surface area contributed by atoms with Crippen LogP contribution >= 0.6 is 0 Å². The summed E-state index contributed by atoms with van der Waals surface area (Å²) in [6, 6.07) is 0. The molecular weight excluding hydrogens is 50.0 g/mol. The van der Waals surface area contributed by atoms with E-state index in [9.17, 15) is 0 Å². The fraction of sp³-hybridized carbons (Fsp3) is 1.00. The molecule has 1 heteroatoms. The van der Waals surface area contributed by atoms with Crippen molar-refractivity contribution in [3.63, 3.8) is 0 Å². The molecule has 0 aliphatic carbocycles. The molecule has 4 heavy (non-hydrogen) atoms. The highest BCUT2D eigenvalue weighted by Gasteiger charge is 1.92. The summed E-state index contributed by atoms with van der Waals surface area (Å²) >= 11 is 0. The van der Waals surface area contributed by atoms with Gasteiger partial charge in [0.25, 0.3) is 0 Å². The number of nitrogens with one attached hydrogen (secondary N) is 1. The Morgan fingerprint density at radius 2 is 1.75 bits per heavy atom. The maximum atomic E-state index is 3.11. The molecule has 0 saturated carbocycles. The summed E-state index contributed by atoms with van der Waals surface area (Å²) in [5, 5.41) is 3.11. The van der Waals surface area contributed by atoms with Crippen molar-refractivity contribution in [1.82, 2.24) is 5.32 Å². The first kappa shape index (κ1) is 2.21. The van der Waals surface area contributed by atoms with E-state index in [0.29, 0.717) is 0 Å². The quantitative estimate of drug-likeness (QED) is 0.416. The van der Waals surface area contributed by atoms with Crippen LogP contribution in [-0.2, 0) is 0 Å². The molecule has 1 heterocycles. The van der Waals surface area contributed by atoms with Gasteiger partial charge >= 0.3 is 1.43 Å². The molecule has 0 aromatic carbocycles. The summed E-state index contributed by atoms with van der Waals surface area (Å²) in [6.45, 7) is 2.50. The zero-order valence-corrected chi connectivity index (χ0v) is 2.62. The topological polar surface area (TPSA) is 12.0 Å². The van der Waals surface area contributed by atoms with E-state index in [1.54, 1.807) is 0 Å². The molecule has 0 radical (unpaired) electrons. The predicted octanol–water partition coefficient (Wildman–Crippen LogP) is 0.0922. The van der Waals surface area contributed by atoms with Gasteiger partial charge in [-0.15, -0.1) is 0 Å². The van der Waals surface area contributed by atoms with Crippen LogP contribution in [0.15, 0.2) is 0 Å². The molecule has 1 rings (SSSR count). The first-order chi connectivity index (χ1) is 2.00. The molecule has 0 amide bonds. The molecule has 1 nitrogen and oxygen atoms in total. The normalized spacial score (nSPS) is 24.0. The minimum Gasteiger partial charge on any atom is -0.317 e. The molecule has 1 fully saturated rings. The second-order valence-electron chi connectivity index (χ2n) is 1.10. The number of rotatable bonds is 0. The third-order valence-electron chi connectivity index (χ3n) is 0.707. The van der Waals surface area contributed by atoms with E-state index in [1.807, 2.05) is 0 Å². The SMILES string of the molecule is C1CNC1.[H+]. The Labute approximate surface area is 27.5 Å². The Kier molecular flexibility index (Phi) is 0.401. The van der Waals surface area contributed by atoms with Crippen LogP contribution in [0, 0.1) is 0 Å². The lowest BCUT2D eigenvalue weighted by Crippen LogP contribution is -2.29. The van der Waals surface area contributed by atoms with E-state index in [-0.39, 0.29) is 1.43 Å². The molecule has 0 atom stereocenters. The van der Waals surface area contributed by atoms with Gasteiger partial charge in [-0.1, -0.05) is 0 Å². The van der Waals surface area contributed by atoms with Gasteiger partial charge in [0.15, 0.2) is 0 Å². The van der Waals surface area contributed by atoms with E-state index in [0.717, 1.165) is 0 Å². The molecule has 24 valence electrons. The molecule has 0 aromatic heterocycles. The van der Waals surface area contributed by atoms with E-state index in [2.05, 4.69) is 5.32 Å². The van der Waals surface area contributed by atoms with Gasteiger partial charge < -0.3 is 5.32 Å². The highest BCUT2D eigenvalue weighted by atomic mass is 14.9. The van der Waals surface area contributed by atoms with Crippen molar-refractivity contribution in [3.8, 4) is 0 Å². The van der Waals surface area contributed by atoms with Crippen LogP contribution in [0.2, 0.25) is 0 Å². The number of hydrogen-bond acceptors (Lipinski definition) is 1. The van der Waals surface area contributed by atoms with Gasteiger partial charge in [0.2, 0.25) is 0 Å². The molecule has 0 aromatic rings. The van der Waals surface area contributed by atoms with Crippen LogP contribution in [0.4, 0.5) is 0 Å². The fourth-order valence-electron chi connectivity index (χ4n) is 0.177. The Balaban J connectivity index is 0.000000160. The van der Waals surface area contributed by atoms with Gasteiger partial charge in [0.05, 0.1) is 0 Å². The molecule has 0 unspecified atom stereocenters. The summed E-state index contributed by atoms with van der Waals surface area (Å²) in [7, 11) is 0. The van der Waals surface area contributed by atoms with E-state index in [1.165, 1.54) is 19.5 Å². The van der Waals surface area contributed by atoms with Crippen LogP contribution in [0.3, 0.4) is 0 Å². The molecule has 1 aliphatic heterocycles. The predicted molar refractivity (Wildman–Crippen MR) is 18.6 cm³/mol. The minimum absolute atomic E-state index is 0. The molecular formula is C3H8N+. The van der Waals surface area contributed by atoms with Crippen molar-refractivity contribution in [2.24, 2.45) is 0 Å². The van der Waals surface area contributed by atoms with Crippen molar-refractivity contribution < 1.29 is 1.43 Å². The van der Waals surface area contributed by atoms with Crippen LogP contribution in [0.1, 0.15) is 7.85 Å². The highest BCUT2D eigenvalue weighted by molar-refractivity contribution is 4.56. The molecule has 1 aliphatic rings. The Bertz CT molecular complexity index is 14.9. The molecule has 1 N–H and O–H groups in total. The standard InChI is InChI=1S/C3H7N/c1-2-4-3-1/h4H,1-3H2/p+1. The van der Waals surface area contributed by atoms with Gasteiger partial charge in [0.1, 0.15) is 0 Å².